The standard InChI is InChI=1S/C43H76N7O17P3S/c1-4-5-6-7-8-9-10-11-12-13-14-15-16-17-18-19-20-21-22-23-34(52)71-27-26-45-33(51)24-25-46-41(55)38(54)43(2,3)29-64-70(61,62)67-69(59,60)63-28-32-37(66-68(56,57)58)36(53)42(65-32)50-31-49-35-39(44)47-30-48-40(35)50/h11-12,30-32,36-38,42,53-54H,4-10,13-29H2,1-3H3,(H,45,51)(H,46,55)(H,59,60)(H,61,62)(H2,44,47,48)(H2,56,57,58)/b12-11+. The summed E-state index contributed by atoms with van der Waals surface area (Å²) in [6.07, 6.45) is 19.1. The molecule has 28 heteroatoms. The van der Waals surface area contributed by atoms with Gasteiger partial charge in [-0.25, -0.2) is 28.6 Å². The third kappa shape index (κ3) is 24.5. The van der Waals surface area contributed by atoms with Crippen molar-refractivity contribution in [2.75, 3.05) is 37.8 Å². The van der Waals surface area contributed by atoms with E-state index >= 15 is 0 Å². The Hall–Kier alpha value is -2.70. The molecule has 10 N–H and O–H groups in total. The number of hydrogen-bond donors (Lipinski definition) is 9. The fourth-order valence-electron chi connectivity index (χ4n) is 7.41. The molecule has 0 saturated carbocycles. The van der Waals surface area contributed by atoms with E-state index in [4.69, 9.17) is 19.5 Å². The smallest absolute Gasteiger partial charge is 0.386 e. The number of nitrogens with one attached hydrogen (secondary N) is 2. The maximum atomic E-state index is 12.8. The predicted octanol–water partition coefficient (Wildman–Crippen LogP) is 6.26. The highest BCUT2D eigenvalue weighted by molar-refractivity contribution is 8.13. The summed E-state index contributed by atoms with van der Waals surface area (Å²) >= 11 is 1.16. The molecule has 3 heterocycles. The number of allylic oxidation sites excluding steroid dienone is 2. The van der Waals surface area contributed by atoms with E-state index in [-0.39, 0.29) is 41.6 Å². The van der Waals surface area contributed by atoms with E-state index in [9.17, 15) is 57.9 Å². The van der Waals surface area contributed by atoms with Crippen LogP contribution in [0.15, 0.2) is 24.8 Å². The SMILES string of the molecule is CCCCCCCC/C=C/CCCCCCCCCCCC(=O)SCCNC(=O)CCNC(=O)C(O)C(C)(C)COP(=O)(O)OP(=O)(O)OCC1OC(n2cnc3c(N)ncnc32)C(O)C1OP(=O)(O)O. The van der Waals surface area contributed by atoms with Crippen LogP contribution in [0.25, 0.3) is 11.2 Å². The zero-order valence-corrected chi connectivity index (χ0v) is 44.5. The van der Waals surface area contributed by atoms with E-state index in [2.05, 4.69) is 53.5 Å². The number of aromatic nitrogens is 4. The minimum Gasteiger partial charge on any atom is -0.386 e. The molecule has 2 aromatic rings. The van der Waals surface area contributed by atoms with Crippen molar-refractivity contribution in [3.8, 4) is 0 Å². The van der Waals surface area contributed by atoms with Crippen LogP contribution in [-0.4, -0.2) is 123 Å². The van der Waals surface area contributed by atoms with Crippen LogP contribution in [0.1, 0.15) is 149 Å². The second-order valence-corrected chi connectivity index (χ2v) is 23.4. The van der Waals surface area contributed by atoms with Crippen molar-refractivity contribution in [2.45, 2.75) is 173 Å². The number of nitrogen functional groups attached to an aromatic ring is 1. The summed E-state index contributed by atoms with van der Waals surface area (Å²) in [7, 11) is -16.4. The van der Waals surface area contributed by atoms with Gasteiger partial charge in [0.2, 0.25) is 11.8 Å². The highest BCUT2D eigenvalue weighted by atomic mass is 32.2. The molecule has 24 nitrogen and oxygen atoms in total. The third-order valence-electron chi connectivity index (χ3n) is 11.4. The minimum absolute atomic E-state index is 0.0337. The van der Waals surface area contributed by atoms with Crippen molar-refractivity contribution in [2.24, 2.45) is 5.41 Å². The number of phosphoric acid groups is 3. The Morgan fingerprint density at radius 3 is 2.06 bits per heavy atom. The number of nitrogens with two attached hydrogens (primary N) is 1. The number of fused-ring (bicyclic) bond motifs is 1. The first-order valence-corrected chi connectivity index (χ1v) is 29.8. The van der Waals surface area contributed by atoms with Crippen LogP contribution in [0.4, 0.5) is 5.82 Å². The Kier molecular flexibility index (Phi) is 28.1. The number of imidazole rings is 1. The van der Waals surface area contributed by atoms with Crippen molar-refractivity contribution < 1.29 is 80.5 Å². The molecule has 1 aliphatic rings. The van der Waals surface area contributed by atoms with Crippen molar-refractivity contribution >= 4 is 69.1 Å². The van der Waals surface area contributed by atoms with E-state index < -0.39 is 84.6 Å². The number of anilines is 1. The molecular formula is C43H76N7O17P3S. The first kappa shape index (κ1) is 62.6. The number of amides is 2. The lowest BCUT2D eigenvalue weighted by Gasteiger charge is -2.30. The number of carbonyl (C=O) groups is 3. The summed E-state index contributed by atoms with van der Waals surface area (Å²) in [5, 5.41) is 26.7. The lowest BCUT2D eigenvalue weighted by Crippen LogP contribution is -2.46. The number of aliphatic hydroxyl groups excluding tert-OH is 2. The number of thioether (sulfide) groups is 1. The molecule has 1 fully saturated rings. The molecule has 1 saturated heterocycles. The number of carbonyl (C=O) groups excluding carboxylic acids is 3. The molecule has 3 rings (SSSR count). The largest absolute Gasteiger partial charge is 0.481 e. The summed E-state index contributed by atoms with van der Waals surface area (Å²) in [6, 6.07) is 0. The van der Waals surface area contributed by atoms with Gasteiger partial charge in [0.15, 0.2) is 22.8 Å². The van der Waals surface area contributed by atoms with Gasteiger partial charge in [-0.15, -0.1) is 0 Å². The number of rotatable bonds is 38. The monoisotopic (exact) mass is 1090 g/mol. The maximum Gasteiger partial charge on any atom is 0.481 e. The molecule has 0 aliphatic carbocycles. The molecular weight excluding hydrogens is 1010 g/mol. The van der Waals surface area contributed by atoms with Gasteiger partial charge in [-0.1, -0.05) is 122 Å². The summed E-state index contributed by atoms with van der Waals surface area (Å²) in [6.45, 7) is 2.82. The fraction of sp³-hybridized carbons (Fsp3) is 0.767. The summed E-state index contributed by atoms with van der Waals surface area (Å²) in [4.78, 5) is 88.5. The summed E-state index contributed by atoms with van der Waals surface area (Å²) in [5.41, 5.74) is 4.29. The quantitative estimate of drug-likeness (QED) is 0.0203. The van der Waals surface area contributed by atoms with Crippen molar-refractivity contribution in [1.29, 1.82) is 0 Å². The zero-order valence-electron chi connectivity index (χ0n) is 41.0. The molecule has 7 atom stereocenters. The molecule has 1 aliphatic heterocycles. The van der Waals surface area contributed by atoms with E-state index in [1.807, 2.05) is 0 Å². The second-order valence-electron chi connectivity index (χ2n) is 18.0. The molecule has 71 heavy (non-hydrogen) atoms. The predicted molar refractivity (Wildman–Crippen MR) is 265 cm³/mol. The molecule has 0 aromatic carbocycles. The minimum atomic E-state index is -5.58. The Morgan fingerprint density at radius 2 is 1.44 bits per heavy atom. The van der Waals surface area contributed by atoms with Gasteiger partial charge < -0.3 is 50.9 Å². The highest BCUT2D eigenvalue weighted by Crippen LogP contribution is 2.61. The topological polar surface area (TPSA) is 364 Å². The molecule has 406 valence electrons. The second kappa shape index (κ2) is 31.9. The summed E-state index contributed by atoms with van der Waals surface area (Å²) < 4.78 is 62.5. The maximum absolute atomic E-state index is 12.8. The fourth-order valence-corrected chi connectivity index (χ4v) is 11.0. The Bertz CT molecular complexity index is 2120. The van der Waals surface area contributed by atoms with Crippen LogP contribution < -0.4 is 16.4 Å². The number of hydrogen-bond acceptors (Lipinski definition) is 18. The Labute approximate surface area is 419 Å². The van der Waals surface area contributed by atoms with Gasteiger partial charge >= 0.3 is 23.5 Å². The molecule has 0 radical (unpaired) electrons. The first-order chi connectivity index (χ1) is 33.6. The van der Waals surface area contributed by atoms with Crippen molar-refractivity contribution in [3.05, 3.63) is 24.8 Å². The third-order valence-corrected chi connectivity index (χ3v) is 15.4. The molecule has 2 amide bonds. The van der Waals surface area contributed by atoms with Gasteiger partial charge in [0.05, 0.1) is 19.5 Å². The van der Waals surface area contributed by atoms with E-state index in [0.29, 0.717) is 12.2 Å². The average molecular weight is 1090 g/mol. The summed E-state index contributed by atoms with van der Waals surface area (Å²) in [5.74, 6) is -1.02. The Balaban J connectivity index is 1.25. The molecule has 0 spiro atoms. The average Bonchev–Trinajstić information content (AvgIpc) is 3.86. The van der Waals surface area contributed by atoms with E-state index in [1.54, 1.807) is 0 Å². The van der Waals surface area contributed by atoms with Crippen molar-refractivity contribution in [3.63, 3.8) is 0 Å². The van der Waals surface area contributed by atoms with Crippen LogP contribution in [0.2, 0.25) is 0 Å². The molecule has 0 bridgehead atoms. The van der Waals surface area contributed by atoms with Crippen LogP contribution in [0.5, 0.6) is 0 Å². The van der Waals surface area contributed by atoms with Gasteiger partial charge in [-0.2, -0.15) is 4.31 Å². The number of unbranched alkanes of at least 4 members (excludes halogenated alkanes) is 15. The van der Waals surface area contributed by atoms with Crippen molar-refractivity contribution in [1.82, 2.24) is 30.2 Å². The van der Waals surface area contributed by atoms with Crippen LogP contribution in [-0.2, 0) is 50.7 Å². The van der Waals surface area contributed by atoms with Gasteiger partial charge in [0, 0.05) is 37.1 Å². The van der Waals surface area contributed by atoms with Crippen LogP contribution in [0.3, 0.4) is 0 Å². The Morgan fingerprint density at radius 1 is 0.845 bits per heavy atom. The normalized spacial score (nSPS) is 19.7. The lowest BCUT2D eigenvalue weighted by molar-refractivity contribution is -0.137. The van der Waals surface area contributed by atoms with Gasteiger partial charge in [0.1, 0.15) is 36.3 Å². The van der Waals surface area contributed by atoms with Gasteiger partial charge in [0.25, 0.3) is 0 Å². The number of phosphoric ester groups is 3. The number of ether oxygens (including phenoxy) is 1. The number of aliphatic hydroxyl groups is 2. The zero-order chi connectivity index (χ0) is 52.5. The molecule has 7 unspecified atom stereocenters. The van der Waals surface area contributed by atoms with E-state index in [0.717, 1.165) is 48.2 Å². The van der Waals surface area contributed by atoms with Crippen LogP contribution in [0, 0.1) is 5.41 Å². The molecule has 2 aromatic heterocycles. The van der Waals surface area contributed by atoms with Gasteiger partial charge in [-0.3, -0.25) is 32.5 Å². The first-order valence-electron chi connectivity index (χ1n) is 24.3. The lowest BCUT2D eigenvalue weighted by atomic mass is 9.87. The van der Waals surface area contributed by atoms with E-state index in [1.165, 1.54) is 104 Å². The highest BCUT2D eigenvalue weighted by Gasteiger charge is 2.50. The van der Waals surface area contributed by atoms with Crippen LogP contribution >= 0.6 is 35.2 Å². The van der Waals surface area contributed by atoms with Gasteiger partial charge in [-0.05, 0) is 32.1 Å². The number of nitrogens with zero attached hydrogens (tertiary/aromatic N) is 4.